The largest absolute Gasteiger partial charge is 0.417 e. The van der Waals surface area contributed by atoms with Crippen molar-refractivity contribution in [2.75, 3.05) is 0 Å². The summed E-state index contributed by atoms with van der Waals surface area (Å²) in [5, 5.41) is 12.8. The molecule has 11 aromatic carbocycles. The van der Waals surface area contributed by atoms with E-state index >= 15 is 0 Å². The summed E-state index contributed by atoms with van der Waals surface area (Å²) < 4.78 is 178. The van der Waals surface area contributed by atoms with E-state index in [2.05, 4.69) is 10.9 Å². The van der Waals surface area contributed by atoms with E-state index in [1.165, 1.54) is 24.3 Å². The van der Waals surface area contributed by atoms with Gasteiger partial charge in [0.2, 0.25) is 0 Å². The molecule has 0 saturated carbocycles. The van der Waals surface area contributed by atoms with E-state index in [-0.39, 0.29) is 27.8 Å². The molecular weight excluding hydrogens is 1210 g/mol. The number of nitriles is 1. The van der Waals surface area contributed by atoms with Crippen LogP contribution in [-0.4, -0.2) is 9.13 Å². The number of rotatable bonds is 8. The Bertz CT molecular complexity index is 5370. The molecule has 0 aliphatic rings. The van der Waals surface area contributed by atoms with Gasteiger partial charge in [0, 0.05) is 32.7 Å². The van der Waals surface area contributed by atoms with Gasteiger partial charge >= 0.3 is 24.7 Å². The Kier molecular flexibility index (Phi) is 14.6. The van der Waals surface area contributed by atoms with Gasteiger partial charge < -0.3 is 9.13 Å². The molecule has 0 fully saturated rings. The van der Waals surface area contributed by atoms with Crippen molar-refractivity contribution in [3.05, 3.63) is 267 Å². The molecule has 13 aromatic rings. The average Bonchev–Trinajstić information content (AvgIpc) is 1.59. The van der Waals surface area contributed by atoms with Gasteiger partial charge in [0.15, 0.2) is 5.69 Å². The number of halogens is 12. The van der Waals surface area contributed by atoms with Crippen molar-refractivity contribution in [2.24, 2.45) is 0 Å². The second-order valence-electron chi connectivity index (χ2n) is 23.5. The number of aromatic nitrogens is 2. The standard InChI is InChI=1S/C77H48F12N4/c1-41-7-18-56(65(29-41)76(84,85)86)49-13-26-72-63(37-49)61-35-47(54-21-16-52(32-44(54)4)74(78,79)80)11-24-70(61)92(72)68-23-10-46(40-90)34-59(68)60-39-51(58-20-9-43(3)31-67(58)91-6)15-28-69(60)93-71-25-12-48(55-22-17-53(33-45(55)5)75(81,82)83)36-62(71)64-38-50(14-27-73(64)93)57-19-8-42(2)30-66(57)77(87,88)89/h7-39H,1-5H3. The molecule has 0 atom stereocenters. The van der Waals surface area contributed by atoms with Gasteiger partial charge in [-0.2, -0.15) is 57.9 Å². The minimum absolute atomic E-state index is 0.0954. The maximum atomic E-state index is 15.0. The maximum Gasteiger partial charge on any atom is 0.417 e. The quantitative estimate of drug-likeness (QED) is 0.110. The predicted molar refractivity (Wildman–Crippen MR) is 342 cm³/mol. The molecule has 0 aliphatic carbocycles. The second kappa shape index (κ2) is 22.2. The topological polar surface area (TPSA) is 38.0 Å². The Labute approximate surface area is 524 Å². The third-order valence-electron chi connectivity index (χ3n) is 17.3. The van der Waals surface area contributed by atoms with Crippen LogP contribution in [0.5, 0.6) is 0 Å². The predicted octanol–water partition coefficient (Wildman–Crippen LogP) is 23.9. The molecule has 460 valence electrons. The fourth-order valence-electron chi connectivity index (χ4n) is 13.0. The molecule has 0 unspecified atom stereocenters. The Morgan fingerprint density at radius 3 is 1.05 bits per heavy atom. The van der Waals surface area contributed by atoms with Gasteiger partial charge in [-0.15, -0.1) is 0 Å². The number of aryl methyl sites for hydroxylation is 5. The van der Waals surface area contributed by atoms with Crippen LogP contribution in [0.3, 0.4) is 0 Å². The van der Waals surface area contributed by atoms with Crippen LogP contribution in [0.4, 0.5) is 58.4 Å². The minimum Gasteiger partial charge on any atom is -0.309 e. The van der Waals surface area contributed by atoms with Crippen molar-refractivity contribution in [1.29, 1.82) is 5.26 Å². The second-order valence-corrected chi connectivity index (χ2v) is 23.5. The Balaban J connectivity index is 1.12. The zero-order valence-corrected chi connectivity index (χ0v) is 49.9. The van der Waals surface area contributed by atoms with Gasteiger partial charge in [-0.25, -0.2) is 4.85 Å². The summed E-state index contributed by atoms with van der Waals surface area (Å²) in [7, 11) is 0. The van der Waals surface area contributed by atoms with Crippen LogP contribution in [0.2, 0.25) is 0 Å². The van der Waals surface area contributed by atoms with Crippen molar-refractivity contribution < 1.29 is 52.7 Å². The Morgan fingerprint density at radius 1 is 0.333 bits per heavy atom. The molecule has 2 aromatic heterocycles. The zero-order valence-electron chi connectivity index (χ0n) is 49.9. The van der Waals surface area contributed by atoms with Gasteiger partial charge in [-0.05, 0) is 217 Å². The van der Waals surface area contributed by atoms with Crippen molar-refractivity contribution in [1.82, 2.24) is 9.13 Å². The highest BCUT2D eigenvalue weighted by Crippen LogP contribution is 2.49. The highest BCUT2D eigenvalue weighted by Gasteiger charge is 2.37. The number of benzene rings is 11. The van der Waals surface area contributed by atoms with Crippen molar-refractivity contribution in [3.8, 4) is 84.2 Å². The Hall–Kier alpha value is -10.8. The highest BCUT2D eigenvalue weighted by atomic mass is 19.4. The fourth-order valence-corrected chi connectivity index (χ4v) is 13.0. The van der Waals surface area contributed by atoms with E-state index in [0.717, 1.165) is 42.0 Å². The lowest BCUT2D eigenvalue weighted by Crippen LogP contribution is -2.07. The SMILES string of the molecule is [C-]#[N+]c1cc(C)ccc1-c1ccc(-n2c3ccc(-c4ccc(C(F)(F)F)cc4C)cc3c3cc(-c4ccc(C)cc4C(F)(F)F)ccc32)c(-c2cc(C#N)ccc2-n2c3ccc(-c4ccc(C(F)(F)F)cc4C)cc3c3cc(-c4ccc(C)cc4C(F)(F)F)ccc32)c1. The number of fused-ring (bicyclic) bond motifs is 6. The van der Waals surface area contributed by atoms with E-state index in [1.807, 2.05) is 46.4 Å². The minimum atomic E-state index is -4.75. The lowest BCUT2D eigenvalue weighted by molar-refractivity contribution is -0.138. The third kappa shape index (κ3) is 10.9. The lowest BCUT2D eigenvalue weighted by Gasteiger charge is -2.21. The summed E-state index contributed by atoms with van der Waals surface area (Å²) in [4.78, 5) is 3.89. The van der Waals surface area contributed by atoms with Crippen LogP contribution >= 0.6 is 0 Å². The molecular formula is C77H48F12N4. The molecule has 93 heavy (non-hydrogen) atoms. The molecule has 16 heteroatoms. The number of hydrogen-bond donors (Lipinski definition) is 0. The van der Waals surface area contributed by atoms with Crippen LogP contribution < -0.4 is 0 Å². The molecule has 0 aliphatic heterocycles. The summed E-state index contributed by atoms with van der Waals surface area (Å²) in [6.07, 6.45) is -18.8. The molecule has 0 saturated heterocycles. The van der Waals surface area contributed by atoms with Crippen LogP contribution in [0, 0.1) is 52.5 Å². The zero-order chi connectivity index (χ0) is 66.0. The lowest BCUT2D eigenvalue weighted by atomic mass is 9.93. The highest BCUT2D eigenvalue weighted by molar-refractivity contribution is 6.14. The van der Waals surface area contributed by atoms with Crippen LogP contribution in [-0.2, 0) is 24.7 Å². The van der Waals surface area contributed by atoms with Crippen LogP contribution in [0.25, 0.3) is 127 Å². The number of nitrogens with zero attached hydrogens (tertiary/aromatic N) is 4. The molecule has 4 nitrogen and oxygen atoms in total. The molecule has 0 radical (unpaired) electrons. The van der Waals surface area contributed by atoms with Crippen molar-refractivity contribution in [3.63, 3.8) is 0 Å². The molecule has 0 spiro atoms. The smallest absolute Gasteiger partial charge is 0.309 e. The monoisotopic (exact) mass is 1260 g/mol. The van der Waals surface area contributed by atoms with E-state index in [4.69, 9.17) is 6.57 Å². The normalized spacial score (nSPS) is 12.3. The summed E-state index contributed by atoms with van der Waals surface area (Å²) in [5.41, 5.74) is 6.43. The van der Waals surface area contributed by atoms with E-state index < -0.39 is 47.0 Å². The Morgan fingerprint density at radius 2 is 0.677 bits per heavy atom. The average molecular weight is 1260 g/mol. The first-order valence-electron chi connectivity index (χ1n) is 29.1. The van der Waals surface area contributed by atoms with E-state index in [1.54, 1.807) is 137 Å². The summed E-state index contributed by atoms with van der Waals surface area (Å²) in [6.45, 7) is 16.4. The molecule has 2 heterocycles. The summed E-state index contributed by atoms with van der Waals surface area (Å²) in [6, 6.07) is 53.7. The molecule has 0 amide bonds. The first-order valence-corrected chi connectivity index (χ1v) is 29.1. The third-order valence-corrected chi connectivity index (χ3v) is 17.3. The number of hydrogen-bond acceptors (Lipinski definition) is 1. The van der Waals surface area contributed by atoms with E-state index in [9.17, 15) is 57.9 Å². The van der Waals surface area contributed by atoms with Gasteiger partial charge in [0.1, 0.15) is 0 Å². The van der Waals surface area contributed by atoms with Gasteiger partial charge in [-0.3, -0.25) is 0 Å². The van der Waals surface area contributed by atoms with Gasteiger partial charge in [0.05, 0.1) is 73.9 Å². The van der Waals surface area contributed by atoms with Gasteiger partial charge in [0.25, 0.3) is 0 Å². The molecule has 0 bridgehead atoms. The first kappa shape index (κ1) is 61.0. The van der Waals surface area contributed by atoms with E-state index in [0.29, 0.717) is 127 Å². The maximum absolute atomic E-state index is 15.0. The van der Waals surface area contributed by atoms with Crippen molar-refractivity contribution >= 4 is 49.3 Å². The summed E-state index contributed by atoms with van der Waals surface area (Å²) >= 11 is 0. The molecule has 13 rings (SSSR count). The first-order chi connectivity index (χ1) is 44.1. The fraction of sp³-hybridized carbons (Fsp3) is 0.117. The van der Waals surface area contributed by atoms with Crippen LogP contribution in [0.1, 0.15) is 55.6 Å². The summed E-state index contributed by atoms with van der Waals surface area (Å²) in [5.74, 6) is 0. The van der Waals surface area contributed by atoms with Crippen molar-refractivity contribution in [2.45, 2.75) is 59.3 Å². The van der Waals surface area contributed by atoms with Gasteiger partial charge in [-0.1, -0.05) is 102 Å². The van der Waals surface area contributed by atoms with Crippen LogP contribution in [0.15, 0.2) is 200 Å². The molecule has 0 N–H and O–H groups in total. The number of alkyl halides is 12.